The Hall–Kier alpha value is -2.04. The summed E-state index contributed by atoms with van der Waals surface area (Å²) in [6, 6.07) is 4.04. The summed E-state index contributed by atoms with van der Waals surface area (Å²) in [5.74, 6) is 0.556. The van der Waals surface area contributed by atoms with Gasteiger partial charge in [-0.25, -0.2) is 0 Å². The first-order valence-electron chi connectivity index (χ1n) is 5.87. The fourth-order valence-corrected chi connectivity index (χ4v) is 2.12. The number of benzene rings is 1. The number of carbonyl (C=O) groups is 1. The zero-order chi connectivity index (χ0) is 13.3. The van der Waals surface area contributed by atoms with Crippen LogP contribution in [-0.4, -0.2) is 32.9 Å². The smallest absolute Gasteiger partial charge is 0.224 e. The van der Waals surface area contributed by atoms with Crippen molar-refractivity contribution >= 4 is 17.4 Å². The van der Waals surface area contributed by atoms with Crippen molar-refractivity contribution in [1.29, 1.82) is 0 Å². The Morgan fingerprint density at radius 3 is 2.83 bits per heavy atom. The van der Waals surface area contributed by atoms with E-state index in [2.05, 4.69) is 16.4 Å². The predicted molar refractivity (Wildman–Crippen MR) is 73.0 cm³/mol. The van der Waals surface area contributed by atoms with Gasteiger partial charge in [-0.15, -0.1) is 0 Å². The number of rotatable bonds is 3. The number of fused-ring (bicyclic) bond motifs is 1. The van der Waals surface area contributed by atoms with Crippen molar-refractivity contribution in [1.82, 2.24) is 5.32 Å². The number of aliphatic imine (C=N–C) groups is 1. The average Bonchev–Trinajstić information content (AvgIpc) is 2.69. The van der Waals surface area contributed by atoms with E-state index in [-0.39, 0.29) is 5.91 Å². The molecule has 1 aromatic carbocycles. The highest BCUT2D eigenvalue weighted by Crippen LogP contribution is 2.27. The number of anilines is 1. The normalized spacial score (nSPS) is 12.9. The molecule has 0 aliphatic carbocycles. The van der Waals surface area contributed by atoms with Gasteiger partial charge in [-0.2, -0.15) is 0 Å². The van der Waals surface area contributed by atoms with Crippen molar-refractivity contribution in [2.75, 3.05) is 26.0 Å². The van der Waals surface area contributed by atoms with Crippen LogP contribution < -0.4 is 16.0 Å². The summed E-state index contributed by atoms with van der Waals surface area (Å²) in [7, 11) is 5.57. The van der Waals surface area contributed by atoms with Crippen molar-refractivity contribution in [2.45, 2.75) is 13.0 Å². The van der Waals surface area contributed by atoms with E-state index in [1.807, 2.05) is 25.1 Å². The molecule has 18 heavy (non-hydrogen) atoms. The number of amides is 1. The molecule has 0 fully saturated rings. The van der Waals surface area contributed by atoms with Crippen molar-refractivity contribution in [3.63, 3.8) is 0 Å². The molecule has 1 aliphatic rings. The fraction of sp³-hybridized carbons (Fsp3) is 0.385. The molecule has 0 radical (unpaired) electrons. The van der Waals surface area contributed by atoms with Crippen LogP contribution in [0.5, 0.6) is 0 Å². The van der Waals surface area contributed by atoms with Gasteiger partial charge in [0.25, 0.3) is 0 Å². The molecular weight excluding hydrogens is 228 g/mol. The van der Waals surface area contributed by atoms with Crippen LogP contribution in [-0.2, 0) is 17.8 Å². The molecule has 0 spiro atoms. The first-order valence-corrected chi connectivity index (χ1v) is 5.87. The van der Waals surface area contributed by atoms with E-state index >= 15 is 0 Å². The molecule has 0 aromatic heterocycles. The summed E-state index contributed by atoms with van der Waals surface area (Å²) in [4.78, 5) is 17.8. The highest BCUT2D eigenvalue weighted by atomic mass is 16.1. The van der Waals surface area contributed by atoms with Crippen molar-refractivity contribution < 1.29 is 4.79 Å². The van der Waals surface area contributed by atoms with E-state index in [1.165, 1.54) is 0 Å². The first kappa shape index (κ1) is 12.4. The first-order chi connectivity index (χ1) is 8.52. The minimum absolute atomic E-state index is 0.00782. The molecule has 1 aliphatic heterocycles. The molecule has 96 valence electrons. The van der Waals surface area contributed by atoms with E-state index in [1.54, 1.807) is 7.05 Å². The van der Waals surface area contributed by atoms with E-state index in [9.17, 15) is 4.79 Å². The van der Waals surface area contributed by atoms with Gasteiger partial charge < -0.3 is 16.0 Å². The van der Waals surface area contributed by atoms with Crippen LogP contribution in [0.4, 0.5) is 5.69 Å². The summed E-state index contributed by atoms with van der Waals surface area (Å²) < 4.78 is 0. The summed E-state index contributed by atoms with van der Waals surface area (Å²) >= 11 is 0. The van der Waals surface area contributed by atoms with Gasteiger partial charge in [-0.3, -0.25) is 9.79 Å². The molecule has 1 aromatic rings. The molecule has 1 heterocycles. The molecule has 0 saturated carbocycles. The molecule has 1 amide bonds. The lowest BCUT2D eigenvalue weighted by atomic mass is 10.00. The van der Waals surface area contributed by atoms with Gasteiger partial charge in [0.1, 0.15) is 5.84 Å². The van der Waals surface area contributed by atoms with Crippen LogP contribution in [0.25, 0.3) is 0 Å². The Balaban J connectivity index is 2.45. The maximum Gasteiger partial charge on any atom is 0.224 e. The number of hydrogen-bond donors (Lipinski definition) is 2. The van der Waals surface area contributed by atoms with Crippen molar-refractivity contribution in [3.05, 3.63) is 28.8 Å². The summed E-state index contributed by atoms with van der Waals surface area (Å²) in [5.41, 5.74) is 9.93. The SMILES string of the molecule is CNC(=O)Cc1cc2c(cc1N(C)C)CN=C2N. The molecular formula is C13H18N4O. The fourth-order valence-electron chi connectivity index (χ4n) is 2.12. The van der Waals surface area contributed by atoms with E-state index in [4.69, 9.17) is 5.73 Å². The van der Waals surface area contributed by atoms with Crippen LogP contribution in [0.1, 0.15) is 16.7 Å². The van der Waals surface area contributed by atoms with E-state index < -0.39 is 0 Å². The van der Waals surface area contributed by atoms with Crippen LogP contribution in [0.2, 0.25) is 0 Å². The van der Waals surface area contributed by atoms with Crippen LogP contribution in [0.3, 0.4) is 0 Å². The van der Waals surface area contributed by atoms with Crippen molar-refractivity contribution in [2.24, 2.45) is 10.7 Å². The molecule has 0 atom stereocenters. The Kier molecular flexibility index (Phi) is 3.23. The monoisotopic (exact) mass is 246 g/mol. The number of likely N-dealkylation sites (N-methyl/N-ethyl adjacent to an activating group) is 1. The zero-order valence-corrected chi connectivity index (χ0v) is 10.9. The highest BCUT2D eigenvalue weighted by molar-refractivity contribution is 6.01. The Morgan fingerprint density at radius 2 is 2.22 bits per heavy atom. The highest BCUT2D eigenvalue weighted by Gasteiger charge is 2.18. The van der Waals surface area contributed by atoms with Gasteiger partial charge in [0.2, 0.25) is 5.91 Å². The molecule has 0 saturated heterocycles. The third-order valence-electron chi connectivity index (χ3n) is 3.11. The number of carbonyl (C=O) groups excluding carboxylic acids is 1. The minimum Gasteiger partial charge on any atom is -0.383 e. The number of nitrogens with two attached hydrogens (primary N) is 1. The molecule has 0 unspecified atom stereocenters. The largest absolute Gasteiger partial charge is 0.383 e. The van der Waals surface area contributed by atoms with Gasteiger partial charge in [-0.1, -0.05) is 0 Å². The zero-order valence-electron chi connectivity index (χ0n) is 10.9. The standard InChI is InChI=1S/C13H18N4O/c1-15-12(18)6-8-4-10-9(7-16-13(10)14)5-11(8)17(2)3/h4-5H,6-7H2,1-3H3,(H2,14,16)(H,15,18). The van der Waals surface area contributed by atoms with Crippen LogP contribution >= 0.6 is 0 Å². The number of nitrogens with one attached hydrogen (secondary N) is 1. The van der Waals surface area contributed by atoms with Gasteiger partial charge >= 0.3 is 0 Å². The van der Waals surface area contributed by atoms with E-state index in [0.29, 0.717) is 18.8 Å². The average molecular weight is 246 g/mol. The molecule has 0 bridgehead atoms. The topological polar surface area (TPSA) is 70.7 Å². The van der Waals surface area contributed by atoms with Crippen LogP contribution in [0.15, 0.2) is 17.1 Å². The second-order valence-electron chi connectivity index (χ2n) is 4.58. The summed E-state index contributed by atoms with van der Waals surface area (Å²) in [6.07, 6.45) is 0.352. The van der Waals surface area contributed by atoms with Gasteiger partial charge in [0.05, 0.1) is 13.0 Å². The minimum atomic E-state index is -0.00782. The maximum absolute atomic E-state index is 11.5. The molecule has 5 heteroatoms. The van der Waals surface area contributed by atoms with Crippen molar-refractivity contribution in [3.8, 4) is 0 Å². The lowest BCUT2D eigenvalue weighted by molar-refractivity contribution is -0.119. The second kappa shape index (κ2) is 4.68. The van der Waals surface area contributed by atoms with Gasteiger partial charge in [-0.05, 0) is 23.3 Å². The van der Waals surface area contributed by atoms with Gasteiger partial charge in [0, 0.05) is 32.4 Å². The van der Waals surface area contributed by atoms with Gasteiger partial charge in [0.15, 0.2) is 0 Å². The lowest BCUT2D eigenvalue weighted by Gasteiger charge is -2.19. The molecule has 2 rings (SSSR count). The lowest BCUT2D eigenvalue weighted by Crippen LogP contribution is -2.22. The number of nitrogens with zero attached hydrogens (tertiary/aromatic N) is 2. The third-order valence-corrected chi connectivity index (χ3v) is 3.11. The summed E-state index contributed by atoms with van der Waals surface area (Å²) in [5, 5.41) is 2.64. The molecule has 3 N–H and O–H groups in total. The number of hydrogen-bond acceptors (Lipinski definition) is 4. The Morgan fingerprint density at radius 1 is 1.50 bits per heavy atom. The quantitative estimate of drug-likeness (QED) is 0.803. The Bertz CT molecular complexity index is 520. The Labute approximate surface area is 107 Å². The predicted octanol–water partition coefficient (Wildman–Crippen LogP) is 0.260. The summed E-state index contributed by atoms with van der Waals surface area (Å²) in [6.45, 7) is 0.627. The third kappa shape index (κ3) is 2.16. The number of amidine groups is 1. The maximum atomic E-state index is 11.5. The van der Waals surface area contributed by atoms with E-state index in [0.717, 1.165) is 22.4 Å². The second-order valence-corrected chi connectivity index (χ2v) is 4.58. The molecule has 5 nitrogen and oxygen atoms in total. The van der Waals surface area contributed by atoms with Crippen LogP contribution in [0, 0.1) is 0 Å².